The third-order valence-corrected chi connectivity index (χ3v) is 9.52. The van der Waals surface area contributed by atoms with E-state index in [0.29, 0.717) is 30.7 Å². The summed E-state index contributed by atoms with van der Waals surface area (Å²) in [5.41, 5.74) is 17.1. The maximum absolute atomic E-state index is 12.1. The fourth-order valence-electron chi connectivity index (χ4n) is 4.27. The fourth-order valence-corrected chi connectivity index (χ4v) is 7.26. The van der Waals surface area contributed by atoms with Crippen molar-refractivity contribution in [3.05, 3.63) is 71.8 Å². The van der Waals surface area contributed by atoms with Crippen molar-refractivity contribution in [2.75, 3.05) is 19.5 Å². The second-order valence-corrected chi connectivity index (χ2v) is 19.0. The van der Waals surface area contributed by atoms with Crippen LogP contribution in [0.15, 0.2) is 60.7 Å². The molecule has 0 spiro atoms. The number of amides is 3. The van der Waals surface area contributed by atoms with Gasteiger partial charge in [-0.15, -0.1) is 0 Å². The number of primary amides is 3. The first kappa shape index (κ1) is 55.9. The molecule has 2 rings (SSSR count). The van der Waals surface area contributed by atoms with E-state index in [1.54, 1.807) is 48.7 Å². The number of hydrogen-bond acceptors (Lipinski definition) is 8. The summed E-state index contributed by atoms with van der Waals surface area (Å²) in [6.07, 6.45) is 1.70. The topological polar surface area (TPSA) is 283 Å². The van der Waals surface area contributed by atoms with E-state index in [1.807, 2.05) is 58.0 Å². The van der Waals surface area contributed by atoms with Gasteiger partial charge in [0.2, 0.25) is 17.7 Å². The Hall–Kier alpha value is 0.573. The van der Waals surface area contributed by atoms with Crippen LogP contribution in [0.4, 0.5) is 0 Å². The summed E-state index contributed by atoms with van der Waals surface area (Å²) in [5.74, 6) is -1.33. The zero-order chi connectivity index (χ0) is 38.0. The van der Waals surface area contributed by atoms with Crippen molar-refractivity contribution in [1.82, 2.24) is 15.3 Å². The van der Waals surface area contributed by atoms with E-state index in [-0.39, 0.29) is 121 Å². The minimum Gasteiger partial charge on any atom is -0.799 e. The summed E-state index contributed by atoms with van der Waals surface area (Å²) in [7, 11) is -10.9. The van der Waals surface area contributed by atoms with Crippen molar-refractivity contribution in [1.29, 1.82) is 0 Å². The Morgan fingerprint density at radius 2 is 1.04 bits per heavy atom. The normalized spacial score (nSPS) is 14.1. The number of carbonyl (C=O) groups excluding carboxylic acids is 3. The molecule has 51 heavy (non-hydrogen) atoms. The predicted molar refractivity (Wildman–Crippen MR) is 189 cm³/mol. The van der Waals surface area contributed by atoms with Crippen molar-refractivity contribution < 1.29 is 146 Å². The van der Waals surface area contributed by atoms with Gasteiger partial charge < -0.3 is 41.0 Å². The van der Waals surface area contributed by atoms with E-state index < -0.39 is 58.4 Å². The van der Waals surface area contributed by atoms with Gasteiger partial charge in [0.1, 0.15) is 7.29 Å². The smallest absolute Gasteiger partial charge is 0.799 e. The van der Waals surface area contributed by atoms with Gasteiger partial charge in [-0.05, 0) is 56.4 Å². The van der Waals surface area contributed by atoms with Gasteiger partial charge in [-0.3, -0.25) is 29.1 Å². The van der Waals surface area contributed by atoms with Gasteiger partial charge in [0.05, 0.1) is 18.1 Å². The van der Waals surface area contributed by atoms with Crippen LogP contribution in [-0.2, 0) is 40.9 Å². The molecule has 0 heterocycles. The standard InChI is InChI=1S/C14H23N2O3P.C9H13N2O4P.C8H19N2O2P.2K/c1-11(2)10-13(14(15)17)16-20(18,19)9-8-12-6-4-3-5-7-12;10-9(12)8(11-16(13,14)15)6-7-4-2-1-3-5-7;1-6(2)5-7(8(9)11)10-13(3,4)12;;/h3-7,11,13H,8-10H2,1-2H3,(H2,15,17)(H2,16,18,19);1-5,8H,6H2,(H2,10,12)(H3,11,13,14,15);6-7H,5H2,1-4H3,(H2,9,11)(H,10,12);;/q;;;2*+1/p-2/t13-;8-;7-;;/m000../s1. The molecule has 3 amide bonds. The number of rotatable bonds is 18. The third-order valence-electron chi connectivity index (χ3n) is 6.41. The molecule has 0 radical (unpaired) electrons. The van der Waals surface area contributed by atoms with Gasteiger partial charge in [-0.1, -0.05) is 88.4 Å². The minimum atomic E-state index is -4.96. The van der Waals surface area contributed by atoms with E-state index in [0.717, 1.165) is 5.56 Å². The first-order chi connectivity index (χ1) is 22.4. The molecule has 278 valence electrons. The molecule has 4 atom stereocenters. The molecule has 0 saturated heterocycles. The van der Waals surface area contributed by atoms with E-state index in [4.69, 9.17) is 17.2 Å². The summed E-state index contributed by atoms with van der Waals surface area (Å²) in [4.78, 5) is 64.1. The van der Waals surface area contributed by atoms with Gasteiger partial charge in [-0.25, -0.2) is 5.09 Å². The molecule has 1 unspecified atom stereocenters. The van der Waals surface area contributed by atoms with Crippen molar-refractivity contribution in [2.24, 2.45) is 29.0 Å². The third kappa shape index (κ3) is 31.5. The van der Waals surface area contributed by atoms with E-state index >= 15 is 0 Å². The Balaban J connectivity index is -0.000000681. The Bertz CT molecular complexity index is 1450. The van der Waals surface area contributed by atoms with Crippen molar-refractivity contribution in [3.8, 4) is 0 Å². The van der Waals surface area contributed by atoms with Crippen LogP contribution in [0.5, 0.6) is 0 Å². The molecular formula is C31H53K2N6O9P3. The van der Waals surface area contributed by atoms with Gasteiger partial charge in [-0.2, -0.15) is 0 Å². The molecule has 2 aromatic carbocycles. The SMILES string of the molecule is CC(C)C[C@H](NP(=O)(O)CCc1ccccc1)C(N)=O.CC(C)C[C@H](NP(C)(C)=O)C(N)=O.NC(=O)[C@H](Cc1ccccc1)NP(=O)([O-])[O-].[K+].[K+]. The number of nitrogens with two attached hydrogens (primary N) is 3. The van der Waals surface area contributed by atoms with Gasteiger partial charge in [0.15, 0.2) is 0 Å². The predicted octanol–water partition coefficient (Wildman–Crippen LogP) is -4.57. The zero-order valence-corrected chi connectivity index (χ0v) is 39.9. The number of hydrogen-bond donors (Lipinski definition) is 7. The average Bonchev–Trinajstić information content (AvgIpc) is 2.95. The molecule has 0 aromatic heterocycles. The van der Waals surface area contributed by atoms with Crippen LogP contribution >= 0.6 is 22.6 Å². The average molecular weight is 825 g/mol. The Morgan fingerprint density at radius 1 is 0.667 bits per heavy atom. The van der Waals surface area contributed by atoms with Gasteiger partial charge in [0.25, 0.3) is 7.52 Å². The van der Waals surface area contributed by atoms with Crippen LogP contribution in [0, 0.1) is 11.8 Å². The molecule has 20 heteroatoms. The second-order valence-electron chi connectivity index (χ2n) is 12.7. The van der Waals surface area contributed by atoms with Crippen LogP contribution in [0.3, 0.4) is 0 Å². The van der Waals surface area contributed by atoms with Crippen LogP contribution in [0.1, 0.15) is 51.7 Å². The number of carbonyl (C=O) groups is 3. The van der Waals surface area contributed by atoms with E-state index in [9.17, 15) is 42.8 Å². The summed E-state index contributed by atoms with van der Waals surface area (Å²) in [6.45, 7) is 11.0. The summed E-state index contributed by atoms with van der Waals surface area (Å²) in [5, 5.41) is 6.97. The van der Waals surface area contributed by atoms with E-state index in [1.165, 1.54) is 0 Å². The quantitative estimate of drug-likeness (QED) is 0.0553. The minimum absolute atomic E-state index is 0. The number of nitrogens with one attached hydrogen (secondary N) is 3. The first-order valence-electron chi connectivity index (χ1n) is 15.6. The van der Waals surface area contributed by atoms with Crippen molar-refractivity contribution in [3.63, 3.8) is 0 Å². The van der Waals surface area contributed by atoms with Gasteiger partial charge >= 0.3 is 103 Å². The van der Waals surface area contributed by atoms with Crippen molar-refractivity contribution >= 4 is 40.3 Å². The zero-order valence-electron chi connectivity index (χ0n) is 31.0. The molecule has 0 aliphatic rings. The van der Waals surface area contributed by atoms with Crippen LogP contribution in [0.25, 0.3) is 0 Å². The molecule has 0 saturated carbocycles. The van der Waals surface area contributed by atoms with Crippen LogP contribution < -0.4 is 145 Å². The first-order valence-corrected chi connectivity index (χ1v) is 21.6. The molecule has 0 aliphatic heterocycles. The summed E-state index contributed by atoms with van der Waals surface area (Å²) in [6, 6.07) is 15.7. The van der Waals surface area contributed by atoms with Gasteiger partial charge in [0, 0.05) is 19.5 Å². The Kier molecular flexibility index (Phi) is 30.7. The molecule has 2 aromatic rings. The maximum atomic E-state index is 12.1. The van der Waals surface area contributed by atoms with Crippen molar-refractivity contribution in [2.45, 2.75) is 71.5 Å². The Morgan fingerprint density at radius 3 is 1.37 bits per heavy atom. The summed E-state index contributed by atoms with van der Waals surface area (Å²) >= 11 is 0. The largest absolute Gasteiger partial charge is 1.00 e. The molecule has 10 N–H and O–H groups in total. The number of benzene rings is 2. The molecule has 0 bridgehead atoms. The monoisotopic (exact) mass is 824 g/mol. The molecule has 0 fully saturated rings. The van der Waals surface area contributed by atoms with Crippen LogP contribution in [-0.4, -0.2) is 60.2 Å². The Labute approximate surface area is 387 Å². The number of aryl methyl sites for hydroxylation is 1. The second kappa shape index (κ2) is 28.0. The molecule has 15 nitrogen and oxygen atoms in total. The molecular weight excluding hydrogens is 771 g/mol. The van der Waals surface area contributed by atoms with E-state index in [2.05, 4.69) is 10.2 Å². The fraction of sp³-hybridized carbons (Fsp3) is 0.516. The van der Waals surface area contributed by atoms with Crippen LogP contribution in [0.2, 0.25) is 0 Å². The molecule has 0 aliphatic carbocycles. The summed E-state index contributed by atoms with van der Waals surface area (Å²) < 4.78 is 34.0. The maximum Gasteiger partial charge on any atom is 1.00 e.